The number of hydrogen-bond acceptors (Lipinski definition) is 4. The van der Waals surface area contributed by atoms with Crippen molar-refractivity contribution in [2.75, 3.05) is 0 Å². The molecule has 1 aliphatic rings. The third kappa shape index (κ3) is 5.85. The van der Waals surface area contributed by atoms with Crippen molar-refractivity contribution in [1.82, 2.24) is 0 Å². The fourth-order valence-electron chi connectivity index (χ4n) is 0.394. The van der Waals surface area contributed by atoms with Crippen LogP contribution in [0.5, 0.6) is 0 Å². The van der Waals surface area contributed by atoms with Gasteiger partial charge < -0.3 is 20.1 Å². The van der Waals surface area contributed by atoms with E-state index >= 15 is 0 Å². The van der Waals surface area contributed by atoms with Crippen LogP contribution in [0, 0.1) is 0 Å². The Bertz CT molecular complexity index is 64.8. The Morgan fingerprint density at radius 3 is 1.56 bits per heavy atom. The van der Waals surface area contributed by atoms with E-state index < -0.39 is 7.12 Å². The van der Waals surface area contributed by atoms with Crippen LogP contribution in [-0.2, 0) is 0 Å². The summed E-state index contributed by atoms with van der Waals surface area (Å²) in [6.07, 6.45) is 2.00. The Hall–Kier alpha value is -0.0301. The van der Waals surface area contributed by atoms with Crippen molar-refractivity contribution >= 4 is 14.8 Å². The van der Waals surface area contributed by atoms with Crippen LogP contribution in [0.25, 0.3) is 0 Å². The van der Waals surface area contributed by atoms with E-state index in [2.05, 4.69) is 0 Å². The van der Waals surface area contributed by atoms with Gasteiger partial charge in [-0.25, -0.2) is 0 Å². The molecule has 1 radical (unpaired) electrons. The molecular weight excluding hydrogens is 122 g/mol. The summed E-state index contributed by atoms with van der Waals surface area (Å²) in [5.74, 6) is 0.213. The molecule has 0 spiro atoms. The van der Waals surface area contributed by atoms with Gasteiger partial charge in [-0.15, -0.1) is 0 Å². The lowest BCUT2D eigenvalue weighted by Crippen LogP contribution is -2.09. The lowest BCUT2D eigenvalue weighted by atomic mass is 9.84. The standard InChI is InChI=1S/C3H7BO2.BH2O2/c5-4(6)3-1-2-3;2-1-3/h3,5-6H,1-2H2;2-3H. The number of hydrogen-bond donors (Lipinski definition) is 4. The SMILES string of the molecule is OB(O)C1CC1.O[B]O. The van der Waals surface area contributed by atoms with Gasteiger partial charge in [-0.05, 0) is 5.82 Å². The molecule has 0 aromatic carbocycles. The minimum absolute atomic E-state index is 0. The summed E-state index contributed by atoms with van der Waals surface area (Å²) in [6, 6.07) is 0. The maximum atomic E-state index is 8.25. The highest BCUT2D eigenvalue weighted by atomic mass is 16.4. The predicted octanol–water partition coefficient (Wildman–Crippen LogP) is -1.87. The molecular formula is C3H9B2O4. The Morgan fingerprint density at radius 2 is 1.56 bits per heavy atom. The summed E-state index contributed by atoms with van der Waals surface area (Å²) < 4.78 is 0. The van der Waals surface area contributed by atoms with Crippen LogP contribution in [0.3, 0.4) is 0 Å². The van der Waals surface area contributed by atoms with Gasteiger partial charge in [0.1, 0.15) is 0 Å². The van der Waals surface area contributed by atoms with E-state index in [-0.39, 0.29) is 13.5 Å². The second kappa shape index (κ2) is 4.81. The molecule has 0 atom stereocenters. The fraction of sp³-hybridized carbons (Fsp3) is 1.00. The van der Waals surface area contributed by atoms with Gasteiger partial charge in [-0.2, -0.15) is 0 Å². The van der Waals surface area contributed by atoms with Crippen molar-refractivity contribution in [2.45, 2.75) is 18.7 Å². The first-order valence-corrected chi connectivity index (χ1v) is 2.68. The maximum absolute atomic E-state index is 8.25. The third-order valence-corrected chi connectivity index (χ3v) is 1.04. The molecule has 4 N–H and O–H groups in total. The van der Waals surface area contributed by atoms with E-state index in [9.17, 15) is 0 Å². The molecule has 0 unspecified atom stereocenters. The summed E-state index contributed by atoms with van der Waals surface area (Å²) in [4.78, 5) is 0. The van der Waals surface area contributed by atoms with Gasteiger partial charge in [-0.3, -0.25) is 0 Å². The van der Waals surface area contributed by atoms with Crippen molar-refractivity contribution in [3.05, 3.63) is 0 Å². The Labute approximate surface area is 54.6 Å². The molecule has 0 heterocycles. The van der Waals surface area contributed by atoms with Crippen LogP contribution >= 0.6 is 0 Å². The summed E-state index contributed by atoms with van der Waals surface area (Å²) in [5.41, 5.74) is 0. The Kier molecular flexibility index (Phi) is 4.80. The molecule has 51 valence electrons. The average Bonchev–Trinajstić information content (AvgIpc) is 2.44. The van der Waals surface area contributed by atoms with Gasteiger partial charge in [0.25, 0.3) is 0 Å². The molecule has 0 amide bonds. The molecule has 0 bridgehead atoms. The smallest absolute Gasteiger partial charge is 0.429 e. The van der Waals surface area contributed by atoms with Gasteiger partial charge in [0.2, 0.25) is 0 Å². The van der Waals surface area contributed by atoms with Gasteiger partial charge in [0.05, 0.1) is 0 Å². The first-order chi connectivity index (χ1) is 4.22. The van der Waals surface area contributed by atoms with Crippen molar-refractivity contribution in [2.24, 2.45) is 0 Å². The van der Waals surface area contributed by atoms with Gasteiger partial charge in [-0.1, -0.05) is 12.8 Å². The largest absolute Gasteiger partial charge is 0.482 e. The minimum atomic E-state index is -1.04. The molecule has 0 aliphatic heterocycles. The van der Waals surface area contributed by atoms with Crippen LogP contribution in [0.1, 0.15) is 12.8 Å². The van der Waals surface area contributed by atoms with Gasteiger partial charge in [0.15, 0.2) is 0 Å². The highest BCUT2D eigenvalue weighted by molar-refractivity contribution is 6.44. The monoisotopic (exact) mass is 131 g/mol. The average molecular weight is 131 g/mol. The highest BCUT2D eigenvalue weighted by Gasteiger charge is 2.33. The molecule has 0 saturated heterocycles. The first kappa shape index (κ1) is 8.97. The lowest BCUT2D eigenvalue weighted by Gasteiger charge is -1.84. The summed E-state index contributed by atoms with van der Waals surface area (Å²) in [6.45, 7) is 0. The van der Waals surface area contributed by atoms with Crippen molar-refractivity contribution < 1.29 is 20.1 Å². The zero-order valence-corrected chi connectivity index (χ0v) is 4.94. The van der Waals surface area contributed by atoms with Crippen LogP contribution in [-0.4, -0.2) is 34.9 Å². The van der Waals surface area contributed by atoms with Crippen molar-refractivity contribution in [3.63, 3.8) is 0 Å². The zero-order valence-electron chi connectivity index (χ0n) is 4.94. The predicted molar refractivity (Wildman–Crippen MR) is 33.4 cm³/mol. The Balaban J connectivity index is 0.000000187. The third-order valence-electron chi connectivity index (χ3n) is 1.04. The Morgan fingerprint density at radius 1 is 1.22 bits per heavy atom. The quantitative estimate of drug-likeness (QED) is 0.314. The molecule has 4 nitrogen and oxygen atoms in total. The minimum Gasteiger partial charge on any atom is -0.429 e. The summed E-state index contributed by atoms with van der Waals surface area (Å²) >= 11 is 0. The zero-order chi connectivity index (χ0) is 7.28. The highest BCUT2D eigenvalue weighted by Crippen LogP contribution is 2.36. The normalized spacial score (nSPS) is 15.6. The fourth-order valence-corrected chi connectivity index (χ4v) is 0.394. The number of rotatable bonds is 1. The topological polar surface area (TPSA) is 80.9 Å². The van der Waals surface area contributed by atoms with Crippen molar-refractivity contribution in [1.29, 1.82) is 0 Å². The van der Waals surface area contributed by atoms with E-state index in [1.807, 2.05) is 0 Å². The van der Waals surface area contributed by atoms with Crippen molar-refractivity contribution in [3.8, 4) is 0 Å². The van der Waals surface area contributed by atoms with E-state index in [4.69, 9.17) is 20.1 Å². The van der Waals surface area contributed by atoms with E-state index in [0.29, 0.717) is 0 Å². The molecule has 6 heteroatoms. The first-order valence-electron chi connectivity index (χ1n) is 2.68. The molecule has 1 saturated carbocycles. The molecule has 9 heavy (non-hydrogen) atoms. The second-order valence-corrected chi connectivity index (χ2v) is 1.87. The van der Waals surface area contributed by atoms with Gasteiger partial charge in [0, 0.05) is 0 Å². The molecule has 1 aliphatic carbocycles. The molecule has 0 aromatic heterocycles. The van der Waals surface area contributed by atoms with Crippen LogP contribution in [0.4, 0.5) is 0 Å². The van der Waals surface area contributed by atoms with Gasteiger partial charge >= 0.3 is 14.8 Å². The van der Waals surface area contributed by atoms with Crippen LogP contribution < -0.4 is 0 Å². The molecule has 1 rings (SSSR count). The maximum Gasteiger partial charge on any atom is 0.482 e. The summed E-state index contributed by atoms with van der Waals surface area (Å²) in [5, 5.41) is 30.5. The summed E-state index contributed by atoms with van der Waals surface area (Å²) in [7, 11) is -1.04. The van der Waals surface area contributed by atoms with Crippen LogP contribution in [0.15, 0.2) is 0 Å². The second-order valence-electron chi connectivity index (χ2n) is 1.87. The molecule has 0 aromatic rings. The molecule has 1 fully saturated rings. The van der Waals surface area contributed by atoms with Crippen LogP contribution in [0.2, 0.25) is 5.82 Å². The van der Waals surface area contributed by atoms with E-state index in [1.165, 1.54) is 0 Å². The lowest BCUT2D eigenvalue weighted by molar-refractivity contribution is 0.403. The van der Waals surface area contributed by atoms with E-state index in [0.717, 1.165) is 12.8 Å². The van der Waals surface area contributed by atoms with E-state index in [1.54, 1.807) is 0 Å².